The number of pyridine rings is 1. The molecule has 136 valence electrons. The highest BCUT2D eigenvalue weighted by molar-refractivity contribution is 6.30. The average molecular weight is 376 g/mol. The summed E-state index contributed by atoms with van der Waals surface area (Å²) in [5, 5.41) is 3.01. The third kappa shape index (κ3) is 4.66. The Kier molecular flexibility index (Phi) is 5.96. The summed E-state index contributed by atoms with van der Waals surface area (Å²) in [7, 11) is 0. The predicted octanol–water partition coefficient (Wildman–Crippen LogP) is 2.07. The number of nitrogens with one attached hydrogen (secondary N) is 1. The van der Waals surface area contributed by atoms with Gasteiger partial charge < -0.3 is 15.0 Å². The minimum absolute atomic E-state index is 0.340. The number of carbonyl (C=O) groups excluding carboxylic acids is 2. The van der Waals surface area contributed by atoms with Crippen LogP contribution in [0.1, 0.15) is 19.3 Å². The van der Waals surface area contributed by atoms with E-state index < -0.39 is 17.9 Å². The lowest BCUT2D eigenvalue weighted by atomic mass is 10.0. The summed E-state index contributed by atoms with van der Waals surface area (Å²) >= 11 is 5.74. The van der Waals surface area contributed by atoms with Gasteiger partial charge in [-0.25, -0.2) is 19.7 Å². The lowest BCUT2D eigenvalue weighted by molar-refractivity contribution is -0.149. The van der Waals surface area contributed by atoms with Crippen molar-refractivity contribution < 1.29 is 14.3 Å². The van der Waals surface area contributed by atoms with Gasteiger partial charge >= 0.3 is 5.97 Å². The second-order valence-corrected chi connectivity index (χ2v) is 6.21. The number of amides is 1. The zero-order valence-corrected chi connectivity index (χ0v) is 14.7. The summed E-state index contributed by atoms with van der Waals surface area (Å²) in [6.45, 7) is 0.286. The number of ether oxygens (including phenoxy) is 1. The fourth-order valence-electron chi connectivity index (χ4n) is 2.72. The van der Waals surface area contributed by atoms with Crippen LogP contribution >= 0.6 is 11.6 Å². The Balaban J connectivity index is 1.56. The van der Waals surface area contributed by atoms with Crippen LogP contribution in [0.3, 0.4) is 0 Å². The van der Waals surface area contributed by atoms with Crippen molar-refractivity contribution in [2.75, 3.05) is 23.4 Å². The molecule has 26 heavy (non-hydrogen) atoms. The van der Waals surface area contributed by atoms with Crippen molar-refractivity contribution in [1.29, 1.82) is 0 Å². The zero-order chi connectivity index (χ0) is 18.4. The number of rotatable bonds is 5. The third-order valence-corrected chi connectivity index (χ3v) is 4.15. The van der Waals surface area contributed by atoms with E-state index in [1.54, 1.807) is 30.6 Å². The molecule has 1 aliphatic heterocycles. The third-order valence-electron chi connectivity index (χ3n) is 3.92. The van der Waals surface area contributed by atoms with Crippen LogP contribution < -0.4 is 10.2 Å². The van der Waals surface area contributed by atoms with Gasteiger partial charge in [0.1, 0.15) is 11.9 Å². The number of anilines is 2. The minimum Gasteiger partial charge on any atom is -0.454 e. The minimum atomic E-state index is -0.493. The summed E-state index contributed by atoms with van der Waals surface area (Å²) in [5.41, 5.74) is 0. The predicted molar refractivity (Wildman–Crippen MR) is 95.9 cm³/mol. The molecule has 0 spiro atoms. The maximum absolute atomic E-state index is 12.5. The van der Waals surface area contributed by atoms with E-state index in [0.717, 1.165) is 12.8 Å². The van der Waals surface area contributed by atoms with E-state index in [1.807, 2.05) is 4.90 Å². The Labute approximate surface area is 155 Å². The lowest BCUT2D eigenvalue weighted by Crippen LogP contribution is -2.47. The Morgan fingerprint density at radius 2 is 2.04 bits per heavy atom. The fourth-order valence-corrected chi connectivity index (χ4v) is 2.83. The van der Waals surface area contributed by atoms with Crippen LogP contribution in [-0.2, 0) is 14.3 Å². The summed E-state index contributed by atoms with van der Waals surface area (Å²) in [6, 6.07) is 4.40. The summed E-state index contributed by atoms with van der Waals surface area (Å²) in [6.07, 6.45) is 7.17. The van der Waals surface area contributed by atoms with Gasteiger partial charge in [-0.05, 0) is 37.5 Å². The molecular weight excluding hydrogens is 358 g/mol. The molecular formula is C17H18ClN5O3. The van der Waals surface area contributed by atoms with Crippen LogP contribution in [0, 0.1) is 0 Å². The molecule has 1 aliphatic rings. The SMILES string of the molecule is O=C(COC(=O)C1CCCCN1c1ncccn1)Nc1ccc(Cl)cn1. The first-order valence-corrected chi connectivity index (χ1v) is 8.63. The molecule has 1 atom stereocenters. The molecule has 0 aliphatic carbocycles. The van der Waals surface area contributed by atoms with Crippen molar-refractivity contribution in [2.24, 2.45) is 0 Å². The van der Waals surface area contributed by atoms with E-state index in [4.69, 9.17) is 16.3 Å². The summed E-state index contributed by atoms with van der Waals surface area (Å²) in [4.78, 5) is 38.6. The van der Waals surface area contributed by atoms with Gasteiger partial charge in [0.15, 0.2) is 6.61 Å². The Morgan fingerprint density at radius 1 is 1.23 bits per heavy atom. The molecule has 2 aromatic heterocycles. The molecule has 0 saturated carbocycles. The van der Waals surface area contributed by atoms with Crippen LogP contribution in [0.15, 0.2) is 36.8 Å². The van der Waals surface area contributed by atoms with Crippen LogP contribution in [0.5, 0.6) is 0 Å². The Morgan fingerprint density at radius 3 is 2.77 bits per heavy atom. The van der Waals surface area contributed by atoms with Gasteiger partial charge in [0.25, 0.3) is 5.91 Å². The largest absolute Gasteiger partial charge is 0.454 e. The molecule has 3 heterocycles. The van der Waals surface area contributed by atoms with Gasteiger partial charge in [-0.1, -0.05) is 11.6 Å². The number of hydrogen-bond donors (Lipinski definition) is 1. The number of halogens is 1. The number of aromatic nitrogens is 3. The summed E-state index contributed by atoms with van der Waals surface area (Å²) < 4.78 is 5.19. The normalized spacial score (nSPS) is 16.8. The monoisotopic (exact) mass is 375 g/mol. The second kappa shape index (κ2) is 8.57. The molecule has 1 saturated heterocycles. The number of carbonyl (C=O) groups is 2. The van der Waals surface area contributed by atoms with E-state index in [-0.39, 0.29) is 6.61 Å². The van der Waals surface area contributed by atoms with Gasteiger partial charge in [-0.15, -0.1) is 0 Å². The molecule has 8 nitrogen and oxygen atoms in total. The maximum Gasteiger partial charge on any atom is 0.329 e. The van der Waals surface area contributed by atoms with E-state index in [9.17, 15) is 9.59 Å². The molecule has 0 aromatic carbocycles. The van der Waals surface area contributed by atoms with Crippen molar-refractivity contribution >= 4 is 35.2 Å². The molecule has 1 amide bonds. The number of hydrogen-bond acceptors (Lipinski definition) is 7. The molecule has 2 aromatic rings. The molecule has 3 rings (SSSR count). The van der Waals surface area contributed by atoms with E-state index in [1.165, 1.54) is 6.20 Å². The van der Waals surface area contributed by atoms with Gasteiger partial charge in [0, 0.05) is 25.1 Å². The average Bonchev–Trinajstić information content (AvgIpc) is 2.68. The summed E-state index contributed by atoms with van der Waals surface area (Å²) in [5.74, 6) is -0.0979. The van der Waals surface area contributed by atoms with Gasteiger partial charge in [0.05, 0.1) is 5.02 Å². The molecule has 1 unspecified atom stereocenters. The quantitative estimate of drug-likeness (QED) is 0.799. The smallest absolute Gasteiger partial charge is 0.329 e. The highest BCUT2D eigenvalue weighted by atomic mass is 35.5. The molecule has 9 heteroatoms. The fraction of sp³-hybridized carbons (Fsp3) is 0.353. The lowest BCUT2D eigenvalue weighted by Gasteiger charge is -2.33. The number of esters is 1. The van der Waals surface area contributed by atoms with Crippen LogP contribution in [-0.4, -0.2) is 46.0 Å². The van der Waals surface area contributed by atoms with Crippen molar-refractivity contribution in [3.8, 4) is 0 Å². The van der Waals surface area contributed by atoms with Crippen molar-refractivity contribution in [3.63, 3.8) is 0 Å². The second-order valence-electron chi connectivity index (χ2n) is 5.77. The van der Waals surface area contributed by atoms with Gasteiger partial charge in [0.2, 0.25) is 5.95 Å². The molecule has 1 fully saturated rings. The van der Waals surface area contributed by atoms with E-state index >= 15 is 0 Å². The zero-order valence-electron chi connectivity index (χ0n) is 14.0. The van der Waals surface area contributed by atoms with Gasteiger partial charge in [-0.3, -0.25) is 4.79 Å². The Bertz CT molecular complexity index is 757. The van der Waals surface area contributed by atoms with Crippen LogP contribution in [0.4, 0.5) is 11.8 Å². The van der Waals surface area contributed by atoms with Crippen LogP contribution in [0.25, 0.3) is 0 Å². The van der Waals surface area contributed by atoms with Crippen molar-refractivity contribution in [3.05, 3.63) is 41.8 Å². The highest BCUT2D eigenvalue weighted by Crippen LogP contribution is 2.22. The molecule has 0 radical (unpaired) electrons. The first-order valence-electron chi connectivity index (χ1n) is 8.25. The number of nitrogens with zero attached hydrogens (tertiary/aromatic N) is 4. The highest BCUT2D eigenvalue weighted by Gasteiger charge is 2.32. The molecule has 0 bridgehead atoms. The molecule has 1 N–H and O–H groups in total. The first kappa shape index (κ1) is 18.1. The maximum atomic E-state index is 12.5. The van der Waals surface area contributed by atoms with E-state index in [2.05, 4.69) is 20.3 Å². The van der Waals surface area contributed by atoms with Crippen molar-refractivity contribution in [1.82, 2.24) is 15.0 Å². The van der Waals surface area contributed by atoms with E-state index in [0.29, 0.717) is 29.8 Å². The first-order chi connectivity index (χ1) is 12.6. The Hall–Kier alpha value is -2.74. The van der Waals surface area contributed by atoms with Crippen molar-refractivity contribution in [2.45, 2.75) is 25.3 Å². The number of piperidine rings is 1. The standard InChI is InChI=1S/C17H18ClN5O3/c18-12-5-6-14(21-10-12)22-15(24)11-26-16(25)13-4-1-2-9-23(13)17-19-7-3-8-20-17/h3,5-8,10,13H,1-2,4,9,11H2,(H,21,22,24). The van der Waals surface area contributed by atoms with Crippen LogP contribution in [0.2, 0.25) is 5.02 Å². The topological polar surface area (TPSA) is 97.3 Å². The van der Waals surface area contributed by atoms with Gasteiger partial charge in [-0.2, -0.15) is 0 Å².